The van der Waals surface area contributed by atoms with Crippen LogP contribution >= 0.6 is 0 Å². The lowest BCUT2D eigenvalue weighted by molar-refractivity contribution is 0.0946. The van der Waals surface area contributed by atoms with Crippen LogP contribution in [0.4, 0.5) is 0 Å². The fourth-order valence-corrected chi connectivity index (χ4v) is 1.88. The molecule has 3 rings (SSSR count). The normalized spacial score (nSPS) is 13.7. The molecule has 0 saturated heterocycles. The van der Waals surface area contributed by atoms with E-state index in [1.807, 2.05) is 0 Å². The number of aliphatic hydroxyl groups excluding tert-OH is 1. The summed E-state index contributed by atoms with van der Waals surface area (Å²) in [4.78, 5) is 20.4. The largest absolute Gasteiger partial charge is 0.384 e. The van der Waals surface area contributed by atoms with Crippen molar-refractivity contribution in [3.05, 3.63) is 35.8 Å². The molecule has 20 heavy (non-hydrogen) atoms. The van der Waals surface area contributed by atoms with Crippen LogP contribution in [0.25, 0.3) is 10.9 Å². The summed E-state index contributed by atoms with van der Waals surface area (Å²) in [7, 11) is 0. The van der Waals surface area contributed by atoms with Crippen molar-refractivity contribution in [3.63, 3.8) is 0 Å². The number of hydrogen-bond acceptors (Lipinski definition) is 4. The second kappa shape index (κ2) is 5.27. The van der Waals surface area contributed by atoms with Gasteiger partial charge in [-0.25, -0.2) is 4.98 Å². The Bertz CT molecular complexity index is 727. The molecule has 1 aliphatic rings. The lowest BCUT2D eigenvalue weighted by Gasteiger charge is -2.05. The van der Waals surface area contributed by atoms with Crippen LogP contribution in [-0.4, -0.2) is 33.6 Å². The molecule has 0 unspecified atom stereocenters. The number of aromatic nitrogens is 2. The van der Waals surface area contributed by atoms with E-state index in [9.17, 15) is 4.79 Å². The van der Waals surface area contributed by atoms with E-state index in [2.05, 4.69) is 27.1 Å². The third-order valence-electron chi connectivity index (χ3n) is 3.05. The predicted octanol–water partition coefficient (Wildman–Crippen LogP) is 0.866. The van der Waals surface area contributed by atoms with E-state index >= 15 is 0 Å². The summed E-state index contributed by atoms with van der Waals surface area (Å²) in [6, 6.07) is 3.79. The molecule has 5 nitrogen and oxygen atoms in total. The molecule has 1 fully saturated rings. The second-order valence-corrected chi connectivity index (χ2v) is 4.66. The van der Waals surface area contributed by atoms with Crippen LogP contribution in [0.15, 0.2) is 24.5 Å². The van der Waals surface area contributed by atoms with E-state index in [1.165, 1.54) is 0 Å². The topological polar surface area (TPSA) is 75.1 Å². The van der Waals surface area contributed by atoms with Crippen LogP contribution < -0.4 is 5.32 Å². The summed E-state index contributed by atoms with van der Waals surface area (Å²) in [6.45, 7) is -0.224. The average molecular weight is 267 g/mol. The highest BCUT2D eigenvalue weighted by molar-refractivity contribution is 5.96. The molecule has 2 aromatic heterocycles. The first-order valence-electron chi connectivity index (χ1n) is 6.43. The van der Waals surface area contributed by atoms with Gasteiger partial charge in [-0.1, -0.05) is 11.8 Å². The summed E-state index contributed by atoms with van der Waals surface area (Å²) < 4.78 is 0. The van der Waals surface area contributed by atoms with Crippen LogP contribution in [-0.2, 0) is 0 Å². The fraction of sp³-hybridized carbons (Fsp3) is 0.267. The van der Waals surface area contributed by atoms with Crippen molar-refractivity contribution in [1.82, 2.24) is 15.3 Å². The van der Waals surface area contributed by atoms with E-state index in [0.717, 1.165) is 18.2 Å². The molecule has 0 spiro atoms. The Labute approximate surface area is 116 Å². The van der Waals surface area contributed by atoms with Crippen molar-refractivity contribution >= 4 is 16.8 Å². The lowest BCUT2D eigenvalue weighted by Crippen LogP contribution is -2.26. The summed E-state index contributed by atoms with van der Waals surface area (Å²) in [5, 5.41) is 12.5. The van der Waals surface area contributed by atoms with Crippen molar-refractivity contribution in [1.29, 1.82) is 0 Å². The number of amides is 1. The first-order chi connectivity index (χ1) is 9.78. The van der Waals surface area contributed by atoms with Gasteiger partial charge in [0, 0.05) is 23.8 Å². The van der Waals surface area contributed by atoms with Crippen LogP contribution in [0.2, 0.25) is 0 Å². The molecule has 0 bridgehead atoms. The maximum Gasteiger partial charge on any atom is 0.270 e. The molecule has 1 aliphatic carbocycles. The molecular weight excluding hydrogens is 254 g/mol. The van der Waals surface area contributed by atoms with Gasteiger partial charge in [0.15, 0.2) is 0 Å². The Morgan fingerprint density at radius 1 is 1.40 bits per heavy atom. The zero-order valence-corrected chi connectivity index (χ0v) is 10.8. The van der Waals surface area contributed by atoms with Crippen LogP contribution in [0.1, 0.15) is 28.9 Å². The van der Waals surface area contributed by atoms with Crippen LogP contribution in [0, 0.1) is 11.8 Å². The molecule has 1 saturated carbocycles. The number of fused-ring (bicyclic) bond motifs is 1. The molecular formula is C15H13N3O2. The highest BCUT2D eigenvalue weighted by Gasteiger charge is 2.24. The third-order valence-corrected chi connectivity index (χ3v) is 3.05. The van der Waals surface area contributed by atoms with Gasteiger partial charge in [-0.3, -0.25) is 9.78 Å². The maximum absolute atomic E-state index is 12.0. The Kier molecular flexibility index (Phi) is 3.32. The SMILES string of the molecule is O=C(NC1CC1)c1ccc2cncc(C#CCO)c2n1. The van der Waals surface area contributed by atoms with E-state index in [1.54, 1.807) is 24.5 Å². The van der Waals surface area contributed by atoms with Gasteiger partial charge >= 0.3 is 0 Å². The van der Waals surface area contributed by atoms with Gasteiger partial charge in [-0.15, -0.1) is 0 Å². The monoisotopic (exact) mass is 267 g/mol. The summed E-state index contributed by atoms with van der Waals surface area (Å²) >= 11 is 0. The number of nitrogens with zero attached hydrogens (tertiary/aromatic N) is 2. The number of carbonyl (C=O) groups is 1. The lowest BCUT2D eigenvalue weighted by atomic mass is 10.1. The van der Waals surface area contributed by atoms with E-state index in [4.69, 9.17) is 5.11 Å². The number of hydrogen-bond donors (Lipinski definition) is 2. The van der Waals surface area contributed by atoms with Gasteiger partial charge in [-0.05, 0) is 25.0 Å². The van der Waals surface area contributed by atoms with Crippen LogP contribution in [0.5, 0.6) is 0 Å². The Morgan fingerprint density at radius 3 is 3.00 bits per heavy atom. The summed E-state index contributed by atoms with van der Waals surface area (Å²) in [5.41, 5.74) is 1.62. The fourth-order valence-electron chi connectivity index (χ4n) is 1.88. The molecule has 5 heteroatoms. The Morgan fingerprint density at radius 2 is 2.25 bits per heavy atom. The van der Waals surface area contributed by atoms with E-state index < -0.39 is 0 Å². The van der Waals surface area contributed by atoms with Crippen molar-refractivity contribution < 1.29 is 9.90 Å². The minimum atomic E-state index is -0.224. The molecule has 1 amide bonds. The minimum Gasteiger partial charge on any atom is -0.384 e. The molecule has 100 valence electrons. The quantitative estimate of drug-likeness (QED) is 0.792. The molecule has 0 aromatic carbocycles. The van der Waals surface area contributed by atoms with Gasteiger partial charge in [0.1, 0.15) is 12.3 Å². The van der Waals surface area contributed by atoms with Crippen molar-refractivity contribution in [2.45, 2.75) is 18.9 Å². The highest BCUT2D eigenvalue weighted by atomic mass is 16.2. The number of rotatable bonds is 2. The Balaban J connectivity index is 2.01. The summed E-state index contributed by atoms with van der Waals surface area (Å²) in [6.07, 6.45) is 5.34. The first kappa shape index (κ1) is 12.6. The van der Waals surface area contributed by atoms with Crippen molar-refractivity contribution in [3.8, 4) is 11.8 Å². The highest BCUT2D eigenvalue weighted by Crippen LogP contribution is 2.20. The standard InChI is InChI=1S/C15H13N3O2/c19-7-1-2-10-8-16-9-11-3-6-13(18-14(10)11)15(20)17-12-4-5-12/h3,6,8-9,12,19H,4-5,7H2,(H,17,20). The minimum absolute atomic E-state index is 0.160. The van der Waals surface area contributed by atoms with Crippen molar-refractivity contribution in [2.24, 2.45) is 0 Å². The average Bonchev–Trinajstić information content (AvgIpc) is 3.28. The second-order valence-electron chi connectivity index (χ2n) is 4.66. The van der Waals surface area contributed by atoms with Gasteiger partial charge in [0.2, 0.25) is 0 Å². The maximum atomic E-state index is 12.0. The predicted molar refractivity (Wildman–Crippen MR) is 74.0 cm³/mol. The molecule has 2 heterocycles. The molecule has 2 aromatic rings. The number of carbonyl (C=O) groups excluding carboxylic acids is 1. The Hall–Kier alpha value is -2.45. The van der Waals surface area contributed by atoms with Gasteiger partial charge < -0.3 is 10.4 Å². The summed E-state index contributed by atoms with van der Waals surface area (Å²) in [5.74, 6) is 5.21. The number of aliphatic hydroxyl groups is 1. The van der Waals surface area contributed by atoms with E-state index in [0.29, 0.717) is 22.8 Å². The van der Waals surface area contributed by atoms with Crippen LogP contribution in [0.3, 0.4) is 0 Å². The zero-order valence-electron chi connectivity index (χ0n) is 10.8. The first-order valence-corrected chi connectivity index (χ1v) is 6.43. The van der Waals surface area contributed by atoms with Gasteiger partial charge in [0.05, 0.1) is 11.1 Å². The zero-order chi connectivity index (χ0) is 13.9. The van der Waals surface area contributed by atoms with E-state index in [-0.39, 0.29) is 12.5 Å². The van der Waals surface area contributed by atoms with Crippen molar-refractivity contribution in [2.75, 3.05) is 6.61 Å². The molecule has 0 radical (unpaired) electrons. The smallest absolute Gasteiger partial charge is 0.270 e. The molecule has 2 N–H and O–H groups in total. The van der Waals surface area contributed by atoms with Gasteiger partial charge in [0.25, 0.3) is 5.91 Å². The molecule has 0 atom stereocenters. The third kappa shape index (κ3) is 2.60. The molecule has 0 aliphatic heterocycles. The number of pyridine rings is 2. The van der Waals surface area contributed by atoms with Gasteiger partial charge in [-0.2, -0.15) is 0 Å². The number of nitrogens with one attached hydrogen (secondary N) is 1.